The molecule has 0 radical (unpaired) electrons. The molecule has 0 saturated carbocycles. The van der Waals surface area contributed by atoms with Gasteiger partial charge in [-0.1, -0.05) is 13.8 Å². The predicted molar refractivity (Wildman–Crippen MR) is 72.6 cm³/mol. The number of aromatic nitrogens is 2. The lowest BCUT2D eigenvalue weighted by Gasteiger charge is -2.31. The molecule has 4 nitrogen and oxygen atoms in total. The van der Waals surface area contributed by atoms with Crippen molar-refractivity contribution in [3.05, 3.63) is 5.82 Å². The lowest BCUT2D eigenvalue weighted by atomic mass is 9.94. The third-order valence-electron chi connectivity index (χ3n) is 3.41. The van der Waals surface area contributed by atoms with Gasteiger partial charge in [-0.15, -0.1) is 0 Å². The van der Waals surface area contributed by atoms with E-state index in [0.717, 1.165) is 36.5 Å². The third-order valence-corrected chi connectivity index (χ3v) is 4.20. The summed E-state index contributed by atoms with van der Waals surface area (Å²) in [6.07, 6.45) is 3.66. The molecule has 2 heterocycles. The minimum Gasteiger partial charge on any atom is -0.347 e. The van der Waals surface area contributed by atoms with Crippen LogP contribution in [-0.4, -0.2) is 29.0 Å². The summed E-state index contributed by atoms with van der Waals surface area (Å²) in [5.74, 6) is 2.22. The molecule has 1 fully saturated rings. The van der Waals surface area contributed by atoms with Gasteiger partial charge in [-0.25, -0.2) is 4.98 Å². The summed E-state index contributed by atoms with van der Waals surface area (Å²) in [6, 6.07) is 0. The van der Waals surface area contributed by atoms with Crippen LogP contribution < -0.4 is 10.6 Å². The van der Waals surface area contributed by atoms with Gasteiger partial charge in [-0.3, -0.25) is 0 Å². The van der Waals surface area contributed by atoms with E-state index in [1.165, 1.54) is 30.8 Å². The molecule has 1 aliphatic heterocycles. The zero-order chi connectivity index (χ0) is 12.3. The smallest absolute Gasteiger partial charge is 0.205 e. The summed E-state index contributed by atoms with van der Waals surface area (Å²) >= 11 is 1.54. The molecule has 0 aromatic carbocycles. The Morgan fingerprint density at radius 3 is 2.65 bits per heavy atom. The Balaban J connectivity index is 1.91. The van der Waals surface area contributed by atoms with Crippen LogP contribution in [0.1, 0.15) is 44.9 Å². The molecule has 17 heavy (non-hydrogen) atoms. The minimum absolute atomic E-state index is 0.426. The van der Waals surface area contributed by atoms with Crippen molar-refractivity contribution in [2.75, 3.05) is 24.5 Å². The Labute approximate surface area is 107 Å². The second kappa shape index (κ2) is 5.78. The molecule has 2 rings (SSSR count). The molecule has 1 aromatic heterocycles. The van der Waals surface area contributed by atoms with Crippen LogP contribution in [0.25, 0.3) is 0 Å². The fourth-order valence-electron chi connectivity index (χ4n) is 2.24. The van der Waals surface area contributed by atoms with Gasteiger partial charge in [-0.05, 0) is 31.7 Å². The van der Waals surface area contributed by atoms with Crippen LogP contribution >= 0.6 is 11.5 Å². The quantitative estimate of drug-likeness (QED) is 0.895. The molecular formula is C12H22N4S. The first-order valence-electron chi connectivity index (χ1n) is 6.49. The van der Waals surface area contributed by atoms with Crippen LogP contribution in [0.4, 0.5) is 5.13 Å². The maximum absolute atomic E-state index is 5.61. The monoisotopic (exact) mass is 254 g/mol. The Hall–Kier alpha value is -0.680. The molecule has 0 amide bonds. The topological polar surface area (TPSA) is 55.0 Å². The molecule has 1 aliphatic rings. The Bertz CT molecular complexity index is 342. The van der Waals surface area contributed by atoms with Crippen LogP contribution in [0.5, 0.6) is 0 Å². The summed E-state index contributed by atoms with van der Waals surface area (Å²) in [5.41, 5.74) is 5.61. The second-order valence-corrected chi connectivity index (χ2v) is 5.83. The highest BCUT2D eigenvalue weighted by molar-refractivity contribution is 7.09. The van der Waals surface area contributed by atoms with E-state index < -0.39 is 0 Å². The number of hydrogen-bond acceptors (Lipinski definition) is 5. The normalized spacial score (nSPS) is 18.0. The highest BCUT2D eigenvalue weighted by Crippen LogP contribution is 2.27. The van der Waals surface area contributed by atoms with Gasteiger partial charge in [0.25, 0.3) is 0 Å². The van der Waals surface area contributed by atoms with Crippen molar-refractivity contribution < 1.29 is 0 Å². The number of nitrogens with two attached hydrogens (primary N) is 1. The number of hydrogen-bond donors (Lipinski definition) is 1. The minimum atomic E-state index is 0.426. The predicted octanol–water partition coefficient (Wildman–Crippen LogP) is 2.23. The summed E-state index contributed by atoms with van der Waals surface area (Å²) in [5, 5.41) is 1.10. The van der Waals surface area contributed by atoms with Gasteiger partial charge in [-0.2, -0.15) is 4.37 Å². The number of piperidine rings is 1. The first-order valence-corrected chi connectivity index (χ1v) is 7.26. The maximum atomic E-state index is 5.61. The number of anilines is 1. The molecule has 1 aromatic rings. The average molecular weight is 254 g/mol. The molecule has 1 saturated heterocycles. The lowest BCUT2D eigenvalue weighted by molar-refractivity contribution is 0.386. The standard InChI is InChI=1S/C12H22N4S/c1-9(2)11-14-12(17-15-11)16-7-4-10(3-6-13)5-8-16/h9-10H,3-8,13H2,1-2H3. The molecule has 0 bridgehead atoms. The molecule has 2 N–H and O–H groups in total. The highest BCUT2D eigenvalue weighted by Gasteiger charge is 2.21. The van der Waals surface area contributed by atoms with Gasteiger partial charge < -0.3 is 10.6 Å². The van der Waals surface area contributed by atoms with Gasteiger partial charge in [0, 0.05) is 30.5 Å². The van der Waals surface area contributed by atoms with Crippen molar-refractivity contribution in [3.8, 4) is 0 Å². The van der Waals surface area contributed by atoms with Crippen molar-refractivity contribution in [1.29, 1.82) is 0 Å². The van der Waals surface area contributed by atoms with Crippen LogP contribution in [0.2, 0.25) is 0 Å². The number of rotatable bonds is 4. The van der Waals surface area contributed by atoms with Gasteiger partial charge in [0.15, 0.2) is 0 Å². The van der Waals surface area contributed by atoms with E-state index in [9.17, 15) is 0 Å². The van der Waals surface area contributed by atoms with Gasteiger partial charge in [0.1, 0.15) is 5.82 Å². The Morgan fingerprint density at radius 1 is 1.41 bits per heavy atom. The van der Waals surface area contributed by atoms with Gasteiger partial charge >= 0.3 is 0 Å². The van der Waals surface area contributed by atoms with E-state index in [4.69, 9.17) is 5.73 Å². The first kappa shape index (κ1) is 12.8. The fraction of sp³-hybridized carbons (Fsp3) is 0.833. The van der Waals surface area contributed by atoms with E-state index in [0.29, 0.717) is 5.92 Å². The molecule has 0 spiro atoms. The van der Waals surface area contributed by atoms with E-state index in [1.54, 1.807) is 0 Å². The largest absolute Gasteiger partial charge is 0.347 e. The van der Waals surface area contributed by atoms with E-state index >= 15 is 0 Å². The second-order valence-electron chi connectivity index (χ2n) is 5.10. The first-order chi connectivity index (χ1) is 8.20. The Kier molecular flexibility index (Phi) is 4.34. The summed E-state index contributed by atoms with van der Waals surface area (Å²) < 4.78 is 4.42. The van der Waals surface area contributed by atoms with Crippen LogP contribution in [0.15, 0.2) is 0 Å². The van der Waals surface area contributed by atoms with Crippen molar-refractivity contribution in [1.82, 2.24) is 9.36 Å². The van der Waals surface area contributed by atoms with Crippen LogP contribution in [0, 0.1) is 5.92 Å². The van der Waals surface area contributed by atoms with Crippen molar-refractivity contribution in [3.63, 3.8) is 0 Å². The van der Waals surface area contributed by atoms with Crippen LogP contribution in [-0.2, 0) is 0 Å². The molecular weight excluding hydrogens is 232 g/mol. The zero-order valence-corrected chi connectivity index (χ0v) is 11.5. The van der Waals surface area contributed by atoms with E-state index in [-0.39, 0.29) is 0 Å². The average Bonchev–Trinajstić information content (AvgIpc) is 2.80. The SMILES string of the molecule is CC(C)c1nsc(N2CCC(CCN)CC2)n1. The van der Waals surface area contributed by atoms with Crippen molar-refractivity contribution >= 4 is 16.7 Å². The van der Waals surface area contributed by atoms with Gasteiger partial charge in [0.2, 0.25) is 5.13 Å². The zero-order valence-electron chi connectivity index (χ0n) is 10.7. The summed E-state index contributed by atoms with van der Waals surface area (Å²) in [7, 11) is 0. The van der Waals surface area contributed by atoms with Crippen molar-refractivity contribution in [2.45, 2.75) is 39.0 Å². The molecule has 0 atom stereocenters. The van der Waals surface area contributed by atoms with Crippen molar-refractivity contribution in [2.24, 2.45) is 11.7 Å². The highest BCUT2D eigenvalue weighted by atomic mass is 32.1. The van der Waals surface area contributed by atoms with E-state index in [2.05, 4.69) is 28.1 Å². The lowest BCUT2D eigenvalue weighted by Crippen LogP contribution is -2.34. The Morgan fingerprint density at radius 2 is 2.12 bits per heavy atom. The van der Waals surface area contributed by atoms with Crippen LogP contribution in [0.3, 0.4) is 0 Å². The van der Waals surface area contributed by atoms with Gasteiger partial charge in [0.05, 0.1) is 0 Å². The molecule has 0 aliphatic carbocycles. The third kappa shape index (κ3) is 3.16. The maximum Gasteiger partial charge on any atom is 0.205 e. The molecule has 96 valence electrons. The van der Waals surface area contributed by atoms with E-state index in [1.807, 2.05) is 0 Å². The molecule has 0 unspecified atom stereocenters. The summed E-state index contributed by atoms with van der Waals surface area (Å²) in [4.78, 5) is 6.98. The molecule has 5 heteroatoms. The summed E-state index contributed by atoms with van der Waals surface area (Å²) in [6.45, 7) is 7.31. The number of nitrogens with zero attached hydrogens (tertiary/aromatic N) is 3. The fourth-order valence-corrected chi connectivity index (χ4v) is 3.10.